The van der Waals surface area contributed by atoms with E-state index in [-0.39, 0.29) is 42.8 Å². The first-order chi connectivity index (χ1) is 11.4. The second kappa shape index (κ2) is 7.85. The van der Waals surface area contributed by atoms with Gasteiger partial charge in [0.05, 0.1) is 11.5 Å². The number of halogens is 2. The number of hydrogen-bond donors (Lipinski definition) is 2. The van der Waals surface area contributed by atoms with Crippen molar-refractivity contribution in [3.8, 4) is 0 Å². The number of carbonyl (C=O) groups excluding carboxylic acids is 3. The van der Waals surface area contributed by atoms with Crippen LogP contribution in [0.5, 0.6) is 0 Å². The molecule has 0 aliphatic carbocycles. The Morgan fingerprint density at radius 2 is 1.96 bits per heavy atom. The molecule has 3 amide bonds. The van der Waals surface area contributed by atoms with E-state index in [1.165, 1.54) is 0 Å². The van der Waals surface area contributed by atoms with Gasteiger partial charge in [-0.25, -0.2) is 8.78 Å². The molecular formula is C16H19F2N3O3. The monoisotopic (exact) mass is 339 g/mol. The van der Waals surface area contributed by atoms with Crippen LogP contribution in [0.3, 0.4) is 0 Å². The van der Waals surface area contributed by atoms with Gasteiger partial charge in [-0.05, 0) is 19.1 Å². The smallest absolute Gasteiger partial charge is 0.254 e. The molecular weight excluding hydrogens is 320 g/mol. The van der Waals surface area contributed by atoms with Crippen LogP contribution in [0.15, 0.2) is 18.2 Å². The largest absolute Gasteiger partial charge is 0.354 e. The van der Waals surface area contributed by atoms with Gasteiger partial charge in [0.1, 0.15) is 11.6 Å². The lowest BCUT2D eigenvalue weighted by molar-refractivity contribution is -0.128. The molecule has 0 unspecified atom stereocenters. The van der Waals surface area contributed by atoms with E-state index in [4.69, 9.17) is 0 Å². The highest BCUT2D eigenvalue weighted by Gasteiger charge is 2.33. The number of amides is 3. The van der Waals surface area contributed by atoms with Gasteiger partial charge < -0.3 is 15.5 Å². The van der Waals surface area contributed by atoms with E-state index < -0.39 is 17.5 Å². The van der Waals surface area contributed by atoms with Crippen LogP contribution in [0, 0.1) is 17.6 Å². The zero-order valence-corrected chi connectivity index (χ0v) is 13.3. The Labute approximate surface area is 138 Å². The standard InChI is InChI=1S/C16H19F2N3O3/c1-2-21-9-10(7-14(21)22)15(23)19-5-6-20-16(24)12-4-3-11(17)8-13(12)18/h3-4,8,10H,2,5-7,9H2,1H3,(H,19,23)(H,20,24)/t10-/m0/s1. The van der Waals surface area contributed by atoms with Crippen LogP contribution in [0.25, 0.3) is 0 Å². The molecule has 1 atom stereocenters. The molecule has 0 bridgehead atoms. The molecule has 2 rings (SSSR count). The summed E-state index contributed by atoms with van der Waals surface area (Å²) in [7, 11) is 0. The van der Waals surface area contributed by atoms with Crippen molar-refractivity contribution in [1.82, 2.24) is 15.5 Å². The van der Waals surface area contributed by atoms with Crippen molar-refractivity contribution in [2.75, 3.05) is 26.2 Å². The van der Waals surface area contributed by atoms with Gasteiger partial charge in [0.2, 0.25) is 11.8 Å². The van der Waals surface area contributed by atoms with Gasteiger partial charge in [-0.15, -0.1) is 0 Å². The third-order valence-corrected chi connectivity index (χ3v) is 3.85. The number of carbonyl (C=O) groups is 3. The zero-order chi connectivity index (χ0) is 17.7. The van der Waals surface area contributed by atoms with E-state index in [1.54, 1.807) is 4.90 Å². The Morgan fingerprint density at radius 1 is 1.25 bits per heavy atom. The second-order valence-corrected chi connectivity index (χ2v) is 5.50. The fraction of sp³-hybridized carbons (Fsp3) is 0.438. The Kier molecular flexibility index (Phi) is 5.83. The van der Waals surface area contributed by atoms with Crippen molar-refractivity contribution < 1.29 is 23.2 Å². The average molecular weight is 339 g/mol. The van der Waals surface area contributed by atoms with Crippen LogP contribution < -0.4 is 10.6 Å². The molecule has 1 aromatic rings. The van der Waals surface area contributed by atoms with Crippen LogP contribution in [0.4, 0.5) is 8.78 Å². The highest BCUT2D eigenvalue weighted by atomic mass is 19.1. The molecule has 0 radical (unpaired) electrons. The Balaban J connectivity index is 1.74. The van der Waals surface area contributed by atoms with E-state index in [9.17, 15) is 23.2 Å². The molecule has 1 saturated heterocycles. The molecule has 130 valence electrons. The van der Waals surface area contributed by atoms with Crippen molar-refractivity contribution >= 4 is 17.7 Å². The number of nitrogens with one attached hydrogen (secondary N) is 2. The maximum atomic E-state index is 13.4. The first-order valence-electron chi connectivity index (χ1n) is 7.71. The number of nitrogens with zero attached hydrogens (tertiary/aromatic N) is 1. The minimum Gasteiger partial charge on any atom is -0.354 e. The topological polar surface area (TPSA) is 78.5 Å². The number of benzene rings is 1. The number of likely N-dealkylation sites (tertiary alicyclic amines) is 1. The Hall–Kier alpha value is -2.51. The van der Waals surface area contributed by atoms with Crippen LogP contribution >= 0.6 is 0 Å². The normalized spacial score (nSPS) is 17.0. The third kappa shape index (κ3) is 4.27. The highest BCUT2D eigenvalue weighted by Crippen LogP contribution is 2.17. The SMILES string of the molecule is CCN1C[C@@H](C(=O)NCCNC(=O)c2ccc(F)cc2F)CC1=O. The van der Waals surface area contributed by atoms with Crippen molar-refractivity contribution in [1.29, 1.82) is 0 Å². The van der Waals surface area contributed by atoms with E-state index in [2.05, 4.69) is 10.6 Å². The molecule has 24 heavy (non-hydrogen) atoms. The molecule has 8 heteroatoms. The molecule has 2 N–H and O–H groups in total. The number of hydrogen-bond acceptors (Lipinski definition) is 3. The molecule has 0 aromatic heterocycles. The maximum absolute atomic E-state index is 13.4. The van der Waals surface area contributed by atoms with E-state index in [0.29, 0.717) is 19.2 Å². The summed E-state index contributed by atoms with van der Waals surface area (Å²) in [5.41, 5.74) is -0.261. The van der Waals surface area contributed by atoms with Crippen LogP contribution in [0.1, 0.15) is 23.7 Å². The van der Waals surface area contributed by atoms with Gasteiger partial charge in [-0.3, -0.25) is 14.4 Å². The summed E-state index contributed by atoms with van der Waals surface area (Å²) in [5, 5.41) is 5.07. The van der Waals surface area contributed by atoms with Gasteiger partial charge in [-0.1, -0.05) is 0 Å². The van der Waals surface area contributed by atoms with Gasteiger partial charge in [0.25, 0.3) is 5.91 Å². The van der Waals surface area contributed by atoms with Gasteiger partial charge in [-0.2, -0.15) is 0 Å². The first-order valence-corrected chi connectivity index (χ1v) is 7.71. The predicted octanol–water partition coefficient (Wildman–Crippen LogP) is 0.679. The Bertz CT molecular complexity index is 651. The summed E-state index contributed by atoms with van der Waals surface area (Å²) in [6, 6.07) is 2.69. The fourth-order valence-corrected chi connectivity index (χ4v) is 2.53. The summed E-state index contributed by atoms with van der Waals surface area (Å²) in [6.07, 6.45) is 0.187. The summed E-state index contributed by atoms with van der Waals surface area (Å²) in [4.78, 5) is 36.9. The van der Waals surface area contributed by atoms with Gasteiger partial charge in [0, 0.05) is 38.7 Å². The zero-order valence-electron chi connectivity index (χ0n) is 13.3. The van der Waals surface area contributed by atoms with Crippen molar-refractivity contribution in [2.45, 2.75) is 13.3 Å². The van der Waals surface area contributed by atoms with Crippen LogP contribution in [-0.4, -0.2) is 48.8 Å². The van der Waals surface area contributed by atoms with Crippen molar-refractivity contribution in [3.63, 3.8) is 0 Å². The summed E-state index contributed by atoms with van der Waals surface area (Å²) >= 11 is 0. The Morgan fingerprint density at radius 3 is 2.58 bits per heavy atom. The van der Waals surface area contributed by atoms with Crippen molar-refractivity contribution in [3.05, 3.63) is 35.4 Å². The summed E-state index contributed by atoms with van der Waals surface area (Å²) < 4.78 is 26.2. The molecule has 1 aromatic carbocycles. The molecule has 1 aliphatic heterocycles. The molecule has 0 spiro atoms. The summed E-state index contributed by atoms with van der Waals surface area (Å²) in [5.74, 6) is -3.07. The van der Waals surface area contributed by atoms with Gasteiger partial charge in [0.15, 0.2) is 0 Å². The van der Waals surface area contributed by atoms with E-state index in [1.807, 2.05) is 6.92 Å². The highest BCUT2D eigenvalue weighted by molar-refractivity contribution is 5.94. The molecule has 1 heterocycles. The van der Waals surface area contributed by atoms with Crippen LogP contribution in [0.2, 0.25) is 0 Å². The first kappa shape index (κ1) is 17.8. The molecule has 6 nitrogen and oxygen atoms in total. The lowest BCUT2D eigenvalue weighted by Crippen LogP contribution is -2.38. The second-order valence-electron chi connectivity index (χ2n) is 5.50. The molecule has 0 saturated carbocycles. The predicted molar refractivity (Wildman–Crippen MR) is 82.1 cm³/mol. The fourth-order valence-electron chi connectivity index (χ4n) is 2.53. The summed E-state index contributed by atoms with van der Waals surface area (Å²) in [6.45, 7) is 3.07. The minimum absolute atomic E-state index is 0.0438. The minimum atomic E-state index is -0.944. The van der Waals surface area contributed by atoms with Crippen molar-refractivity contribution in [2.24, 2.45) is 5.92 Å². The quantitative estimate of drug-likeness (QED) is 0.748. The maximum Gasteiger partial charge on any atom is 0.254 e. The van der Waals surface area contributed by atoms with Gasteiger partial charge >= 0.3 is 0 Å². The molecule has 1 fully saturated rings. The number of rotatable bonds is 6. The lowest BCUT2D eigenvalue weighted by Gasteiger charge is -2.13. The molecule has 1 aliphatic rings. The van der Waals surface area contributed by atoms with E-state index >= 15 is 0 Å². The third-order valence-electron chi connectivity index (χ3n) is 3.85. The van der Waals surface area contributed by atoms with E-state index in [0.717, 1.165) is 12.1 Å². The lowest BCUT2D eigenvalue weighted by atomic mass is 10.1. The average Bonchev–Trinajstić information content (AvgIpc) is 2.92. The van der Waals surface area contributed by atoms with Crippen LogP contribution in [-0.2, 0) is 9.59 Å².